The second-order valence-corrected chi connectivity index (χ2v) is 11.2. The van der Waals surface area contributed by atoms with Crippen LogP contribution in [-0.2, 0) is 27.3 Å². The summed E-state index contributed by atoms with van der Waals surface area (Å²) < 4.78 is 0. The molecule has 0 aliphatic heterocycles. The molecule has 1 fully saturated rings. The number of nitrogens with two attached hydrogens (primary N) is 1. The zero-order chi connectivity index (χ0) is 30.5. The summed E-state index contributed by atoms with van der Waals surface area (Å²) >= 11 is 0. The van der Waals surface area contributed by atoms with Crippen LogP contribution in [0.1, 0.15) is 29.5 Å². The highest BCUT2D eigenvalue weighted by molar-refractivity contribution is 6.24. The lowest BCUT2D eigenvalue weighted by Gasteiger charge is -2.50. The number of likely N-dealkylation sites (N-methyl/N-ethyl adjacent to an activating group) is 1. The predicted octanol–water partition coefficient (Wildman–Crippen LogP) is 1.63. The normalized spacial score (nSPS) is 25.2. The molecule has 2 aromatic carbocycles. The van der Waals surface area contributed by atoms with Crippen LogP contribution in [0.2, 0.25) is 0 Å². The summed E-state index contributed by atoms with van der Waals surface area (Å²) in [6.07, 6.45) is 0.633. The zero-order valence-electron chi connectivity index (χ0n) is 23.2. The maximum atomic E-state index is 14.0. The molecule has 1 unspecified atom stereocenters. The Bertz CT molecular complexity index is 1600. The molecule has 0 spiro atoms. The Kier molecular flexibility index (Phi) is 7.41. The number of hydrogen-bond acceptors (Lipinski definition) is 10. The average molecular weight is 573 g/mol. The van der Waals surface area contributed by atoms with Crippen LogP contribution in [-0.4, -0.2) is 75.1 Å². The lowest BCUT2D eigenvalue weighted by atomic mass is 9.57. The number of fused-ring (bicyclic) bond motifs is 3. The number of benzene rings is 2. The lowest BCUT2D eigenvalue weighted by Crippen LogP contribution is -2.65. The lowest BCUT2D eigenvalue weighted by molar-refractivity contribution is -0.153. The number of Topliss-reactive ketones (excluding diaryl/α,β-unsaturated/α-hetero) is 2. The molecule has 11 nitrogen and oxygen atoms in total. The molecule has 0 heterocycles. The van der Waals surface area contributed by atoms with E-state index in [1.54, 1.807) is 20.2 Å². The van der Waals surface area contributed by atoms with Gasteiger partial charge < -0.3 is 31.5 Å². The quantitative estimate of drug-likeness (QED) is 0.209. The van der Waals surface area contributed by atoms with E-state index in [4.69, 9.17) is 11.0 Å². The van der Waals surface area contributed by atoms with Gasteiger partial charge in [-0.3, -0.25) is 19.3 Å². The van der Waals surface area contributed by atoms with Crippen molar-refractivity contribution in [3.8, 4) is 22.9 Å². The molecule has 1 saturated carbocycles. The summed E-state index contributed by atoms with van der Waals surface area (Å²) in [6.45, 7) is 1.16. The second-order valence-electron chi connectivity index (χ2n) is 11.2. The Morgan fingerprint density at radius 1 is 1.14 bits per heavy atom. The number of ketones is 2. The fraction of sp³-hybridized carbons (Fsp3) is 0.355. The maximum absolute atomic E-state index is 14.0. The van der Waals surface area contributed by atoms with Crippen LogP contribution in [0.3, 0.4) is 0 Å². The Morgan fingerprint density at radius 3 is 2.45 bits per heavy atom. The van der Waals surface area contributed by atoms with E-state index in [9.17, 15) is 34.8 Å². The first-order chi connectivity index (χ1) is 19.9. The third-order valence-electron chi connectivity index (χ3n) is 8.61. The van der Waals surface area contributed by atoms with Gasteiger partial charge in [-0.25, -0.2) is 0 Å². The van der Waals surface area contributed by atoms with Gasteiger partial charge in [-0.05, 0) is 61.2 Å². The number of amides is 1. The number of carbonyl (C=O) groups is 3. The van der Waals surface area contributed by atoms with Crippen molar-refractivity contribution in [1.29, 1.82) is 5.26 Å². The smallest absolute Gasteiger partial charge is 0.255 e. The van der Waals surface area contributed by atoms with Crippen LogP contribution >= 0.6 is 0 Å². The Balaban J connectivity index is 1.60. The fourth-order valence-electron chi connectivity index (χ4n) is 6.69. The minimum atomic E-state index is -2.67. The van der Waals surface area contributed by atoms with E-state index in [1.165, 1.54) is 11.0 Å². The second kappa shape index (κ2) is 10.7. The highest BCUT2D eigenvalue weighted by Gasteiger charge is 2.64. The number of primary amides is 1. The highest BCUT2D eigenvalue weighted by atomic mass is 16.3. The third-order valence-corrected chi connectivity index (χ3v) is 8.61. The summed E-state index contributed by atoms with van der Waals surface area (Å²) in [5, 5.41) is 56.8. The van der Waals surface area contributed by atoms with Crippen LogP contribution in [0.25, 0.3) is 16.9 Å². The molecule has 218 valence electrons. The molecule has 5 rings (SSSR count). The van der Waals surface area contributed by atoms with Gasteiger partial charge in [-0.15, -0.1) is 0 Å². The summed E-state index contributed by atoms with van der Waals surface area (Å²) in [7, 11) is 3.12. The number of rotatable bonds is 7. The first-order valence-electron chi connectivity index (χ1n) is 13.6. The molecule has 0 radical (unpaired) electrons. The van der Waals surface area contributed by atoms with Gasteiger partial charge >= 0.3 is 0 Å². The number of hydrogen-bond donors (Lipinski definition) is 6. The minimum Gasteiger partial charge on any atom is -0.508 e. The maximum Gasteiger partial charge on any atom is 0.255 e. The topological polar surface area (TPSA) is 197 Å². The number of aliphatic hydroxyl groups is 3. The van der Waals surface area contributed by atoms with Gasteiger partial charge in [0, 0.05) is 31.0 Å². The first kappa shape index (κ1) is 29.0. The molecule has 1 amide bonds. The first-order valence-corrected chi connectivity index (χ1v) is 13.6. The monoisotopic (exact) mass is 572 g/mol. The molecular weight excluding hydrogens is 540 g/mol. The van der Waals surface area contributed by atoms with Crippen molar-refractivity contribution in [3.05, 3.63) is 70.0 Å². The molecule has 11 heteroatoms. The van der Waals surface area contributed by atoms with Crippen molar-refractivity contribution < 1.29 is 34.8 Å². The SMILES string of the molecule is CN(C)C1C(=O)C(C(N)=O)=C(O)[C@@]2(O)C(=O)C3=C(O)c4c(O)ccc(-c5ccc(CNCCC#N)cc5)c4C[C@H]3C[C@@H]12. The largest absolute Gasteiger partial charge is 0.508 e. The molecular formula is C31H32N4O7. The third kappa shape index (κ3) is 4.36. The predicted molar refractivity (Wildman–Crippen MR) is 152 cm³/mol. The number of nitrogens with zero attached hydrogens (tertiary/aromatic N) is 2. The molecule has 3 aliphatic carbocycles. The summed E-state index contributed by atoms with van der Waals surface area (Å²) in [4.78, 5) is 40.8. The highest BCUT2D eigenvalue weighted by Crippen LogP contribution is 2.53. The number of carbonyl (C=O) groups excluding carboxylic acids is 3. The van der Waals surface area contributed by atoms with Crippen molar-refractivity contribution in [2.24, 2.45) is 17.6 Å². The van der Waals surface area contributed by atoms with Crippen LogP contribution in [0.4, 0.5) is 0 Å². The molecule has 42 heavy (non-hydrogen) atoms. The molecule has 2 aromatic rings. The van der Waals surface area contributed by atoms with Gasteiger partial charge in [0.15, 0.2) is 11.4 Å². The van der Waals surface area contributed by atoms with E-state index >= 15 is 0 Å². The standard InChI is InChI=1S/C31H32N4O7/c1-35(2)25-20-13-17-12-19-18(16-6-4-15(5-7-16)14-34-11-3-10-32)8-9-21(36)23(19)26(37)22(17)28(39)31(20,42)29(40)24(27(25)38)30(33)41/h4-9,17,20,25,34,36-37,40,42H,3,11-14H2,1-2H3,(H2,33,41)/t17-,20-,25?,31-/m0/s1. The van der Waals surface area contributed by atoms with E-state index in [-0.39, 0.29) is 29.7 Å². The summed E-state index contributed by atoms with van der Waals surface area (Å²) in [6, 6.07) is 11.8. The molecule has 7 N–H and O–H groups in total. The summed E-state index contributed by atoms with van der Waals surface area (Å²) in [5.41, 5.74) is 4.86. The van der Waals surface area contributed by atoms with Crippen molar-refractivity contribution in [2.45, 2.75) is 37.5 Å². The van der Waals surface area contributed by atoms with Gasteiger partial charge in [-0.2, -0.15) is 5.26 Å². The van der Waals surface area contributed by atoms with Crippen molar-refractivity contribution in [2.75, 3.05) is 20.6 Å². The van der Waals surface area contributed by atoms with Crippen molar-refractivity contribution >= 4 is 23.2 Å². The average Bonchev–Trinajstić information content (AvgIpc) is 2.93. The van der Waals surface area contributed by atoms with E-state index in [1.807, 2.05) is 24.3 Å². The molecule has 4 atom stereocenters. The van der Waals surface area contributed by atoms with Crippen molar-refractivity contribution in [3.63, 3.8) is 0 Å². The summed E-state index contributed by atoms with van der Waals surface area (Å²) in [5.74, 6) is -6.80. The van der Waals surface area contributed by atoms with Crippen LogP contribution in [0.15, 0.2) is 53.3 Å². The number of aliphatic hydroxyl groups excluding tert-OH is 2. The van der Waals surface area contributed by atoms with Crippen molar-refractivity contribution in [1.82, 2.24) is 10.2 Å². The fourth-order valence-corrected chi connectivity index (χ4v) is 6.69. The number of phenols is 1. The number of nitriles is 1. The van der Waals surface area contributed by atoms with Gasteiger partial charge in [0.05, 0.1) is 17.7 Å². The molecule has 0 bridgehead atoms. The number of nitrogens with one attached hydrogen (secondary N) is 1. The molecule has 0 saturated heterocycles. The van der Waals surface area contributed by atoms with Crippen LogP contribution in [0, 0.1) is 23.2 Å². The van der Waals surface area contributed by atoms with E-state index in [2.05, 4.69) is 11.4 Å². The van der Waals surface area contributed by atoms with Crippen LogP contribution < -0.4 is 11.1 Å². The van der Waals surface area contributed by atoms with E-state index < -0.39 is 58.0 Å². The van der Waals surface area contributed by atoms with E-state index in [0.717, 1.165) is 16.7 Å². The molecule has 3 aliphatic rings. The molecule has 0 aromatic heterocycles. The van der Waals surface area contributed by atoms with Gasteiger partial charge in [0.2, 0.25) is 5.78 Å². The zero-order valence-corrected chi connectivity index (χ0v) is 23.2. The Morgan fingerprint density at radius 2 is 1.83 bits per heavy atom. The Labute approximate surface area is 242 Å². The van der Waals surface area contributed by atoms with Gasteiger partial charge in [0.25, 0.3) is 5.91 Å². The van der Waals surface area contributed by atoms with E-state index in [0.29, 0.717) is 25.1 Å². The minimum absolute atomic E-state index is 0.0220. The van der Waals surface area contributed by atoms with Crippen LogP contribution in [0.5, 0.6) is 5.75 Å². The number of aromatic hydroxyl groups is 1. The van der Waals surface area contributed by atoms with Gasteiger partial charge in [-0.1, -0.05) is 30.3 Å². The van der Waals surface area contributed by atoms with Gasteiger partial charge in [0.1, 0.15) is 22.8 Å². The number of phenolic OH excluding ortho intramolecular Hbond substituents is 1. The Hall–Kier alpha value is -4.50.